The molecule has 0 spiro atoms. The van der Waals surface area contributed by atoms with Gasteiger partial charge >= 0.3 is 0 Å². The molecule has 15 heavy (non-hydrogen) atoms. The lowest BCUT2D eigenvalue weighted by atomic mass is 10.3. The molecule has 0 saturated carbocycles. The van der Waals surface area contributed by atoms with Gasteiger partial charge in [0.05, 0.1) is 5.69 Å². The minimum atomic E-state index is -0.499. The Balaban J connectivity index is 2.75. The van der Waals surface area contributed by atoms with Crippen molar-refractivity contribution in [2.24, 2.45) is 7.05 Å². The van der Waals surface area contributed by atoms with Crippen molar-refractivity contribution in [1.29, 1.82) is 0 Å². The zero-order chi connectivity index (χ0) is 11.0. The van der Waals surface area contributed by atoms with Crippen molar-refractivity contribution in [3.8, 4) is 11.4 Å². The van der Waals surface area contributed by atoms with Crippen molar-refractivity contribution in [2.75, 3.05) is 0 Å². The molecule has 0 atom stereocenters. The SMILES string of the molecule is Cc1c([O-])c(=O)n(-c2ccccc2)n1C. The molecule has 0 aliphatic heterocycles. The summed E-state index contributed by atoms with van der Waals surface area (Å²) in [5, 5.41) is 11.4. The highest BCUT2D eigenvalue weighted by Crippen LogP contribution is 2.11. The lowest BCUT2D eigenvalue weighted by Crippen LogP contribution is -2.20. The molecule has 1 heterocycles. The second kappa shape index (κ2) is 3.31. The molecule has 2 aromatic rings. The first kappa shape index (κ1) is 9.58. The Bertz CT molecular complexity index is 538. The van der Waals surface area contributed by atoms with Crippen LogP contribution in [0.25, 0.3) is 5.69 Å². The topological polar surface area (TPSA) is 50.0 Å². The summed E-state index contributed by atoms with van der Waals surface area (Å²) in [7, 11) is 1.70. The van der Waals surface area contributed by atoms with Crippen molar-refractivity contribution < 1.29 is 5.11 Å². The predicted octanol–water partition coefficient (Wildman–Crippen LogP) is 0.558. The summed E-state index contributed by atoms with van der Waals surface area (Å²) in [5.41, 5.74) is 0.653. The molecule has 1 aromatic heterocycles. The first-order chi connectivity index (χ1) is 7.13. The van der Waals surface area contributed by atoms with Crippen molar-refractivity contribution in [3.05, 3.63) is 46.4 Å². The predicted molar refractivity (Wildman–Crippen MR) is 55.2 cm³/mol. The molecule has 0 amide bonds. The van der Waals surface area contributed by atoms with E-state index in [1.54, 1.807) is 30.8 Å². The van der Waals surface area contributed by atoms with E-state index in [0.29, 0.717) is 11.4 Å². The highest BCUT2D eigenvalue weighted by Gasteiger charge is 2.08. The zero-order valence-corrected chi connectivity index (χ0v) is 8.60. The van der Waals surface area contributed by atoms with Gasteiger partial charge in [-0.25, -0.2) is 4.68 Å². The Labute approximate surface area is 87.0 Å². The smallest absolute Gasteiger partial charge is 0.263 e. The van der Waals surface area contributed by atoms with Crippen molar-refractivity contribution in [2.45, 2.75) is 6.92 Å². The van der Waals surface area contributed by atoms with Gasteiger partial charge in [0.1, 0.15) is 0 Å². The van der Waals surface area contributed by atoms with E-state index >= 15 is 0 Å². The lowest BCUT2D eigenvalue weighted by Gasteiger charge is -2.07. The maximum absolute atomic E-state index is 11.6. The van der Waals surface area contributed by atoms with Crippen LogP contribution in [0.2, 0.25) is 0 Å². The van der Waals surface area contributed by atoms with Crippen LogP contribution in [0.5, 0.6) is 5.75 Å². The number of para-hydroxylation sites is 1. The van der Waals surface area contributed by atoms with E-state index in [2.05, 4.69) is 0 Å². The average molecular weight is 203 g/mol. The molecule has 0 fully saturated rings. The van der Waals surface area contributed by atoms with E-state index in [0.717, 1.165) is 0 Å². The van der Waals surface area contributed by atoms with Gasteiger partial charge in [0.25, 0.3) is 5.56 Å². The standard InChI is InChI=1S/C11H12N2O2/c1-8-10(14)11(15)13(12(8)2)9-6-4-3-5-7-9/h3-7,14H,1-2H3/p-1. The van der Waals surface area contributed by atoms with Crippen LogP contribution < -0.4 is 10.7 Å². The molecule has 2 rings (SSSR count). The van der Waals surface area contributed by atoms with Crippen molar-refractivity contribution in [1.82, 2.24) is 9.36 Å². The molecule has 0 aliphatic rings. The molecule has 0 radical (unpaired) electrons. The van der Waals surface area contributed by atoms with Crippen LogP contribution >= 0.6 is 0 Å². The number of benzene rings is 1. The normalized spacial score (nSPS) is 10.5. The fourth-order valence-corrected chi connectivity index (χ4v) is 1.54. The molecular weight excluding hydrogens is 192 g/mol. The van der Waals surface area contributed by atoms with Crippen LogP contribution in [-0.4, -0.2) is 9.36 Å². The second-order valence-corrected chi connectivity index (χ2v) is 3.39. The summed E-state index contributed by atoms with van der Waals surface area (Å²) < 4.78 is 2.94. The highest BCUT2D eigenvalue weighted by atomic mass is 16.3. The molecule has 0 saturated heterocycles. The molecule has 4 nitrogen and oxygen atoms in total. The second-order valence-electron chi connectivity index (χ2n) is 3.39. The number of nitrogens with zero attached hydrogens (tertiary/aromatic N) is 2. The Morgan fingerprint density at radius 3 is 2.27 bits per heavy atom. The Morgan fingerprint density at radius 1 is 1.20 bits per heavy atom. The van der Waals surface area contributed by atoms with Crippen LogP contribution in [0.15, 0.2) is 35.1 Å². The van der Waals surface area contributed by atoms with Crippen LogP contribution in [0.4, 0.5) is 0 Å². The molecule has 0 bridgehead atoms. The minimum Gasteiger partial charge on any atom is -0.867 e. The molecule has 0 unspecified atom stereocenters. The van der Waals surface area contributed by atoms with Gasteiger partial charge in [0.2, 0.25) is 0 Å². The van der Waals surface area contributed by atoms with Crippen LogP contribution in [0.3, 0.4) is 0 Å². The zero-order valence-electron chi connectivity index (χ0n) is 8.60. The fraction of sp³-hybridized carbons (Fsp3) is 0.182. The van der Waals surface area contributed by atoms with Crippen molar-refractivity contribution >= 4 is 0 Å². The third-order valence-electron chi connectivity index (χ3n) is 2.50. The van der Waals surface area contributed by atoms with Crippen molar-refractivity contribution in [3.63, 3.8) is 0 Å². The Morgan fingerprint density at radius 2 is 1.80 bits per heavy atom. The number of hydrogen-bond acceptors (Lipinski definition) is 2. The minimum absolute atomic E-state index is 0.443. The lowest BCUT2D eigenvalue weighted by molar-refractivity contribution is -0.270. The Hall–Kier alpha value is -1.97. The first-order valence-electron chi connectivity index (χ1n) is 4.64. The summed E-state index contributed by atoms with van der Waals surface area (Å²) in [5.74, 6) is -0.443. The summed E-state index contributed by atoms with van der Waals surface area (Å²) in [6.07, 6.45) is 0. The molecule has 4 heteroatoms. The van der Waals surface area contributed by atoms with Crippen LogP contribution in [0, 0.1) is 6.92 Å². The van der Waals surface area contributed by atoms with Gasteiger partial charge in [0.15, 0.2) is 0 Å². The number of rotatable bonds is 1. The average Bonchev–Trinajstić information content (AvgIpc) is 2.45. The van der Waals surface area contributed by atoms with E-state index in [9.17, 15) is 9.90 Å². The largest absolute Gasteiger partial charge is 0.867 e. The third kappa shape index (κ3) is 1.34. The van der Waals surface area contributed by atoms with Crippen LogP contribution in [-0.2, 0) is 7.05 Å². The summed E-state index contributed by atoms with van der Waals surface area (Å²) in [6, 6.07) is 9.10. The molecule has 1 aromatic carbocycles. The summed E-state index contributed by atoms with van der Waals surface area (Å²) in [6.45, 7) is 1.64. The summed E-state index contributed by atoms with van der Waals surface area (Å²) >= 11 is 0. The molecule has 0 N–H and O–H groups in total. The maximum Gasteiger partial charge on any atom is 0.263 e. The highest BCUT2D eigenvalue weighted by molar-refractivity contribution is 5.34. The van der Waals surface area contributed by atoms with Gasteiger partial charge in [-0.2, -0.15) is 0 Å². The third-order valence-corrected chi connectivity index (χ3v) is 2.50. The monoisotopic (exact) mass is 203 g/mol. The first-order valence-corrected chi connectivity index (χ1v) is 4.64. The maximum atomic E-state index is 11.6. The van der Waals surface area contributed by atoms with E-state index in [4.69, 9.17) is 0 Å². The summed E-state index contributed by atoms with van der Waals surface area (Å²) in [4.78, 5) is 11.6. The van der Waals surface area contributed by atoms with Gasteiger partial charge in [-0.1, -0.05) is 18.2 Å². The van der Waals surface area contributed by atoms with E-state index in [1.165, 1.54) is 4.68 Å². The van der Waals surface area contributed by atoms with Gasteiger partial charge < -0.3 is 5.11 Å². The van der Waals surface area contributed by atoms with Gasteiger partial charge in [0, 0.05) is 12.7 Å². The Kier molecular flexibility index (Phi) is 2.11. The van der Waals surface area contributed by atoms with Gasteiger partial charge in [-0.05, 0) is 24.8 Å². The molecule has 0 aliphatic carbocycles. The van der Waals surface area contributed by atoms with Gasteiger partial charge in [-0.15, -0.1) is 0 Å². The van der Waals surface area contributed by atoms with Gasteiger partial charge in [-0.3, -0.25) is 9.48 Å². The molecule has 78 valence electrons. The van der Waals surface area contributed by atoms with E-state index < -0.39 is 11.3 Å². The quantitative estimate of drug-likeness (QED) is 0.680. The van der Waals surface area contributed by atoms with E-state index in [1.807, 2.05) is 18.2 Å². The van der Waals surface area contributed by atoms with E-state index in [-0.39, 0.29) is 0 Å². The van der Waals surface area contributed by atoms with Crippen LogP contribution in [0.1, 0.15) is 5.69 Å². The number of aromatic nitrogens is 2. The fourth-order valence-electron chi connectivity index (χ4n) is 1.54. The number of hydrogen-bond donors (Lipinski definition) is 0. The molecular formula is C11H11N2O2-.